The quantitative estimate of drug-likeness (QED) is 0.607. The molecule has 3 nitrogen and oxygen atoms in total. The van der Waals surface area contributed by atoms with E-state index < -0.39 is 5.97 Å². The number of ketones is 1. The van der Waals surface area contributed by atoms with Gasteiger partial charge in [-0.15, -0.1) is 0 Å². The number of hydrogen-bond donors (Lipinski definition) is 1. The Labute approximate surface area is 88.0 Å². The molecule has 0 saturated heterocycles. The van der Waals surface area contributed by atoms with Crippen LogP contribution in [0.25, 0.3) is 0 Å². The van der Waals surface area contributed by atoms with Crippen molar-refractivity contribution in [2.24, 2.45) is 0 Å². The molecule has 0 aliphatic heterocycles. The van der Waals surface area contributed by atoms with Crippen molar-refractivity contribution in [3.63, 3.8) is 0 Å². The fourth-order valence-electron chi connectivity index (χ4n) is 1.14. The van der Waals surface area contributed by atoms with Crippen LogP contribution in [0.1, 0.15) is 24.2 Å². The monoisotopic (exact) mass is 204 g/mol. The zero-order valence-electron chi connectivity index (χ0n) is 8.65. The number of allylic oxidation sites excluding steroid dienone is 1. The maximum atomic E-state index is 11.8. The van der Waals surface area contributed by atoms with E-state index in [-0.39, 0.29) is 16.9 Å². The standard InChI is InChI=1S/C12H12O3/c1-8(9(2)12(14)15)11(13)10-6-4-3-5-7-10/h3-7H,1-2H3,(H,14,15)/b9-8+. The van der Waals surface area contributed by atoms with E-state index in [4.69, 9.17) is 5.11 Å². The zero-order chi connectivity index (χ0) is 11.4. The van der Waals surface area contributed by atoms with Crippen molar-refractivity contribution < 1.29 is 14.7 Å². The van der Waals surface area contributed by atoms with Gasteiger partial charge in [0, 0.05) is 16.7 Å². The molecule has 1 rings (SSSR count). The van der Waals surface area contributed by atoms with Gasteiger partial charge in [-0.2, -0.15) is 0 Å². The smallest absolute Gasteiger partial charge is 0.331 e. The van der Waals surface area contributed by atoms with Crippen LogP contribution in [-0.4, -0.2) is 16.9 Å². The predicted molar refractivity (Wildman–Crippen MR) is 56.8 cm³/mol. The maximum Gasteiger partial charge on any atom is 0.331 e. The average Bonchev–Trinajstić information content (AvgIpc) is 2.27. The normalized spacial score (nSPS) is 11.9. The molecular weight excluding hydrogens is 192 g/mol. The molecule has 1 N–H and O–H groups in total. The van der Waals surface area contributed by atoms with Crippen molar-refractivity contribution in [1.29, 1.82) is 0 Å². The highest BCUT2D eigenvalue weighted by atomic mass is 16.4. The summed E-state index contributed by atoms with van der Waals surface area (Å²) in [5.41, 5.74) is 0.869. The molecule has 0 aromatic heterocycles. The van der Waals surface area contributed by atoms with Crippen molar-refractivity contribution in [1.82, 2.24) is 0 Å². The summed E-state index contributed by atoms with van der Waals surface area (Å²) in [4.78, 5) is 22.4. The number of carboxylic acids is 1. The Balaban J connectivity index is 3.07. The molecule has 15 heavy (non-hydrogen) atoms. The summed E-state index contributed by atoms with van der Waals surface area (Å²) in [6.45, 7) is 2.96. The van der Waals surface area contributed by atoms with Gasteiger partial charge in [0.25, 0.3) is 0 Å². The van der Waals surface area contributed by atoms with Gasteiger partial charge in [-0.25, -0.2) is 4.79 Å². The van der Waals surface area contributed by atoms with E-state index in [0.29, 0.717) is 5.56 Å². The minimum absolute atomic E-state index is 0.0869. The molecule has 0 radical (unpaired) electrons. The molecule has 0 fully saturated rings. The van der Waals surface area contributed by atoms with Crippen LogP contribution < -0.4 is 0 Å². The van der Waals surface area contributed by atoms with E-state index in [2.05, 4.69) is 0 Å². The summed E-state index contributed by atoms with van der Waals surface area (Å²) >= 11 is 0. The number of carboxylic acid groups (broad SMARTS) is 1. The van der Waals surface area contributed by atoms with Crippen LogP contribution in [0, 0.1) is 0 Å². The Bertz CT molecular complexity index is 416. The largest absolute Gasteiger partial charge is 0.478 e. The summed E-state index contributed by atoms with van der Waals surface area (Å²) in [5.74, 6) is -1.30. The van der Waals surface area contributed by atoms with Crippen molar-refractivity contribution in [2.75, 3.05) is 0 Å². The second-order valence-corrected chi connectivity index (χ2v) is 3.25. The van der Waals surface area contributed by atoms with Crippen molar-refractivity contribution >= 4 is 11.8 Å². The van der Waals surface area contributed by atoms with Crippen molar-refractivity contribution in [2.45, 2.75) is 13.8 Å². The highest BCUT2D eigenvalue weighted by molar-refractivity contribution is 6.12. The Kier molecular flexibility index (Phi) is 3.39. The number of carbonyl (C=O) groups excluding carboxylic acids is 1. The van der Waals surface area contributed by atoms with Crippen molar-refractivity contribution in [3.8, 4) is 0 Å². The molecule has 0 heterocycles. The van der Waals surface area contributed by atoms with Gasteiger partial charge in [0.2, 0.25) is 0 Å². The summed E-state index contributed by atoms with van der Waals surface area (Å²) in [6, 6.07) is 8.63. The summed E-state index contributed by atoms with van der Waals surface area (Å²) in [6.07, 6.45) is 0. The molecule has 0 amide bonds. The van der Waals surface area contributed by atoms with Gasteiger partial charge >= 0.3 is 5.97 Å². The average molecular weight is 204 g/mol. The lowest BCUT2D eigenvalue weighted by Gasteiger charge is -2.03. The highest BCUT2D eigenvalue weighted by Crippen LogP contribution is 2.11. The van der Waals surface area contributed by atoms with Crippen LogP contribution in [-0.2, 0) is 4.79 Å². The van der Waals surface area contributed by atoms with Gasteiger partial charge in [0.05, 0.1) is 0 Å². The first-order valence-corrected chi connectivity index (χ1v) is 4.54. The predicted octanol–water partition coefficient (Wildman–Crippen LogP) is 2.29. The minimum atomic E-state index is -1.06. The molecular formula is C12H12O3. The molecule has 0 spiro atoms. The molecule has 0 unspecified atom stereocenters. The van der Waals surface area contributed by atoms with Crippen LogP contribution in [0.2, 0.25) is 0 Å². The van der Waals surface area contributed by atoms with Crippen LogP contribution in [0.4, 0.5) is 0 Å². The SMILES string of the molecule is C/C(C(=O)O)=C(/C)C(=O)c1ccccc1. The maximum absolute atomic E-state index is 11.8. The fraction of sp³-hybridized carbons (Fsp3) is 0.167. The lowest BCUT2D eigenvalue weighted by Crippen LogP contribution is -2.07. The van der Waals surface area contributed by atoms with Gasteiger partial charge in [-0.1, -0.05) is 30.3 Å². The number of Topliss-reactive ketones (excluding diaryl/α,β-unsaturated/α-hetero) is 1. The molecule has 0 bridgehead atoms. The Hall–Kier alpha value is -1.90. The van der Waals surface area contributed by atoms with Crippen LogP contribution >= 0.6 is 0 Å². The lowest BCUT2D eigenvalue weighted by atomic mass is 10.0. The van der Waals surface area contributed by atoms with Crippen LogP contribution in [0.15, 0.2) is 41.5 Å². The van der Waals surface area contributed by atoms with Gasteiger partial charge in [0.1, 0.15) is 0 Å². The molecule has 0 aliphatic carbocycles. The molecule has 1 aromatic rings. The molecule has 0 saturated carbocycles. The number of benzene rings is 1. The Morgan fingerprint density at radius 3 is 2.00 bits per heavy atom. The number of rotatable bonds is 3. The molecule has 0 atom stereocenters. The summed E-state index contributed by atoms with van der Waals surface area (Å²) in [7, 11) is 0. The highest BCUT2D eigenvalue weighted by Gasteiger charge is 2.13. The Morgan fingerprint density at radius 1 is 1.00 bits per heavy atom. The summed E-state index contributed by atoms with van der Waals surface area (Å²) < 4.78 is 0. The molecule has 1 aromatic carbocycles. The van der Waals surface area contributed by atoms with E-state index in [9.17, 15) is 9.59 Å². The van der Waals surface area contributed by atoms with Crippen LogP contribution in [0.5, 0.6) is 0 Å². The van der Waals surface area contributed by atoms with Gasteiger partial charge in [0.15, 0.2) is 5.78 Å². The van der Waals surface area contributed by atoms with E-state index in [1.165, 1.54) is 13.8 Å². The first-order valence-electron chi connectivity index (χ1n) is 4.54. The molecule has 78 valence electrons. The second-order valence-electron chi connectivity index (χ2n) is 3.25. The topological polar surface area (TPSA) is 54.4 Å². The Morgan fingerprint density at radius 2 is 1.53 bits per heavy atom. The summed E-state index contributed by atoms with van der Waals surface area (Å²) in [5, 5.41) is 8.74. The third kappa shape index (κ3) is 2.53. The van der Waals surface area contributed by atoms with E-state index in [0.717, 1.165) is 0 Å². The number of hydrogen-bond acceptors (Lipinski definition) is 2. The van der Waals surface area contributed by atoms with E-state index in [1.54, 1.807) is 30.3 Å². The van der Waals surface area contributed by atoms with Gasteiger partial charge in [-0.3, -0.25) is 4.79 Å². The first-order chi connectivity index (χ1) is 7.04. The lowest BCUT2D eigenvalue weighted by molar-refractivity contribution is -0.132. The van der Waals surface area contributed by atoms with Crippen LogP contribution in [0.3, 0.4) is 0 Å². The zero-order valence-corrected chi connectivity index (χ0v) is 8.65. The van der Waals surface area contributed by atoms with Crippen molar-refractivity contribution in [3.05, 3.63) is 47.0 Å². The first kappa shape index (κ1) is 11.2. The molecule has 3 heteroatoms. The van der Waals surface area contributed by atoms with E-state index >= 15 is 0 Å². The number of carbonyl (C=O) groups is 2. The fourth-order valence-corrected chi connectivity index (χ4v) is 1.14. The third-order valence-corrected chi connectivity index (χ3v) is 2.26. The third-order valence-electron chi connectivity index (χ3n) is 2.26. The second kappa shape index (κ2) is 4.55. The van der Waals surface area contributed by atoms with E-state index in [1.807, 2.05) is 0 Å². The molecule has 0 aliphatic rings. The number of aliphatic carboxylic acids is 1. The minimum Gasteiger partial charge on any atom is -0.478 e. The van der Waals surface area contributed by atoms with Gasteiger partial charge < -0.3 is 5.11 Å². The van der Waals surface area contributed by atoms with Gasteiger partial charge in [-0.05, 0) is 13.8 Å².